The third-order valence-electron chi connectivity index (χ3n) is 4.31. The van der Waals surface area contributed by atoms with Crippen molar-refractivity contribution in [3.05, 3.63) is 29.8 Å². The van der Waals surface area contributed by atoms with E-state index in [1.165, 1.54) is 5.56 Å². The Bertz CT molecular complexity index is 403. The second-order valence-electron chi connectivity index (χ2n) is 5.39. The van der Waals surface area contributed by atoms with Crippen LogP contribution in [0.4, 0.5) is 0 Å². The summed E-state index contributed by atoms with van der Waals surface area (Å²) in [5.74, 6) is 0.969. The van der Waals surface area contributed by atoms with E-state index in [0.29, 0.717) is 13.2 Å². The van der Waals surface area contributed by atoms with Crippen molar-refractivity contribution in [3.8, 4) is 5.75 Å². The summed E-state index contributed by atoms with van der Waals surface area (Å²) < 4.78 is 6.07. The minimum Gasteiger partial charge on any atom is -0.492 e. The highest BCUT2D eigenvalue weighted by atomic mass is 16.5. The molecular formula is C18H33N3O. The highest BCUT2D eigenvalue weighted by Crippen LogP contribution is 2.28. The Morgan fingerprint density at radius 3 is 2.18 bits per heavy atom. The highest BCUT2D eigenvalue weighted by Gasteiger charge is 2.19. The molecule has 0 bridgehead atoms. The molecule has 1 rings (SSSR count). The number of nitrogens with two attached hydrogens (primary N) is 1. The van der Waals surface area contributed by atoms with Crippen LogP contribution in [0.2, 0.25) is 0 Å². The Labute approximate surface area is 136 Å². The molecule has 1 aromatic carbocycles. The van der Waals surface area contributed by atoms with Gasteiger partial charge in [-0.1, -0.05) is 45.9 Å². The lowest BCUT2D eigenvalue weighted by molar-refractivity contribution is 0.202. The molecule has 0 heterocycles. The predicted molar refractivity (Wildman–Crippen MR) is 94.4 cm³/mol. The average molecular weight is 307 g/mol. The Kier molecular flexibility index (Phi) is 9.13. The molecule has 0 aromatic heterocycles. The summed E-state index contributed by atoms with van der Waals surface area (Å²) >= 11 is 0. The number of benzene rings is 1. The molecule has 0 radical (unpaired) electrons. The van der Waals surface area contributed by atoms with Gasteiger partial charge < -0.3 is 15.4 Å². The van der Waals surface area contributed by atoms with Gasteiger partial charge in [-0.05, 0) is 32.2 Å². The lowest BCUT2D eigenvalue weighted by Crippen LogP contribution is -2.34. The molecule has 0 saturated heterocycles. The van der Waals surface area contributed by atoms with E-state index < -0.39 is 0 Å². The van der Waals surface area contributed by atoms with Crippen molar-refractivity contribution in [2.24, 2.45) is 5.73 Å². The molecule has 0 fully saturated rings. The maximum absolute atomic E-state index is 6.07. The Morgan fingerprint density at radius 1 is 1.00 bits per heavy atom. The van der Waals surface area contributed by atoms with Crippen molar-refractivity contribution >= 4 is 0 Å². The minimum absolute atomic E-state index is 0.222. The number of para-hydroxylation sites is 1. The van der Waals surface area contributed by atoms with Crippen molar-refractivity contribution in [2.45, 2.75) is 33.7 Å². The molecule has 1 unspecified atom stereocenters. The van der Waals surface area contributed by atoms with Gasteiger partial charge in [0.15, 0.2) is 0 Å². The summed E-state index contributed by atoms with van der Waals surface area (Å²) in [6.45, 7) is 15.1. The van der Waals surface area contributed by atoms with Crippen molar-refractivity contribution in [2.75, 3.05) is 45.9 Å². The normalized spacial score (nSPS) is 12.9. The van der Waals surface area contributed by atoms with Crippen LogP contribution in [0.25, 0.3) is 0 Å². The third kappa shape index (κ3) is 5.27. The van der Waals surface area contributed by atoms with E-state index in [1.54, 1.807) is 0 Å². The van der Waals surface area contributed by atoms with E-state index in [-0.39, 0.29) is 6.04 Å². The first-order valence-corrected chi connectivity index (χ1v) is 8.59. The summed E-state index contributed by atoms with van der Waals surface area (Å²) in [6, 6.07) is 8.52. The van der Waals surface area contributed by atoms with E-state index in [4.69, 9.17) is 10.5 Å². The molecule has 1 atom stereocenters. The van der Waals surface area contributed by atoms with Crippen LogP contribution in [0.5, 0.6) is 5.75 Å². The van der Waals surface area contributed by atoms with Gasteiger partial charge >= 0.3 is 0 Å². The molecule has 0 saturated carbocycles. The maximum Gasteiger partial charge on any atom is 0.124 e. The maximum atomic E-state index is 6.07. The first kappa shape index (κ1) is 18.9. The Balaban J connectivity index is 2.79. The van der Waals surface area contributed by atoms with E-state index in [0.717, 1.165) is 38.5 Å². The van der Waals surface area contributed by atoms with Gasteiger partial charge in [-0.25, -0.2) is 0 Å². The molecule has 1 aromatic rings. The third-order valence-corrected chi connectivity index (χ3v) is 4.31. The first-order chi connectivity index (χ1) is 10.7. The van der Waals surface area contributed by atoms with Crippen molar-refractivity contribution in [3.63, 3.8) is 0 Å². The number of hydrogen-bond donors (Lipinski definition) is 1. The lowest BCUT2D eigenvalue weighted by atomic mass is 10.0. The van der Waals surface area contributed by atoms with Gasteiger partial charge in [0.25, 0.3) is 0 Å². The Hall–Kier alpha value is -1.10. The summed E-state index contributed by atoms with van der Waals surface area (Å²) in [5, 5.41) is 0. The summed E-state index contributed by atoms with van der Waals surface area (Å²) in [5.41, 5.74) is 7.24. The molecule has 22 heavy (non-hydrogen) atoms. The Morgan fingerprint density at radius 2 is 1.64 bits per heavy atom. The number of rotatable bonds is 11. The van der Waals surface area contributed by atoms with E-state index in [2.05, 4.69) is 55.7 Å². The van der Waals surface area contributed by atoms with Gasteiger partial charge in [0.1, 0.15) is 12.4 Å². The number of nitrogens with zero attached hydrogens (tertiary/aromatic N) is 2. The summed E-state index contributed by atoms with van der Waals surface area (Å²) in [6.07, 6.45) is 0. The fourth-order valence-electron chi connectivity index (χ4n) is 2.85. The molecule has 0 amide bonds. The number of ether oxygens (including phenoxy) is 1. The molecule has 0 aliphatic heterocycles. The van der Waals surface area contributed by atoms with E-state index >= 15 is 0 Å². The zero-order chi connectivity index (χ0) is 16.4. The summed E-state index contributed by atoms with van der Waals surface area (Å²) in [4.78, 5) is 4.75. The van der Waals surface area contributed by atoms with Gasteiger partial charge in [0.2, 0.25) is 0 Å². The van der Waals surface area contributed by atoms with Crippen LogP contribution in [0.3, 0.4) is 0 Å². The van der Waals surface area contributed by atoms with Crippen LogP contribution in [0.15, 0.2) is 24.3 Å². The summed E-state index contributed by atoms with van der Waals surface area (Å²) in [7, 11) is 0. The molecule has 0 aliphatic carbocycles. The van der Waals surface area contributed by atoms with Gasteiger partial charge in [-0.15, -0.1) is 0 Å². The topological polar surface area (TPSA) is 41.7 Å². The molecule has 2 N–H and O–H groups in total. The molecule has 126 valence electrons. The van der Waals surface area contributed by atoms with Crippen LogP contribution in [-0.4, -0.2) is 55.7 Å². The lowest BCUT2D eigenvalue weighted by Gasteiger charge is -2.30. The van der Waals surface area contributed by atoms with E-state index in [1.807, 2.05) is 6.07 Å². The highest BCUT2D eigenvalue weighted by molar-refractivity contribution is 5.36. The average Bonchev–Trinajstić information content (AvgIpc) is 2.57. The fraction of sp³-hybridized carbons (Fsp3) is 0.667. The first-order valence-electron chi connectivity index (χ1n) is 8.59. The van der Waals surface area contributed by atoms with Gasteiger partial charge in [-0.3, -0.25) is 4.90 Å². The smallest absolute Gasteiger partial charge is 0.124 e. The zero-order valence-electron chi connectivity index (χ0n) is 14.7. The van der Waals surface area contributed by atoms with Crippen molar-refractivity contribution in [1.82, 2.24) is 9.80 Å². The fourth-order valence-corrected chi connectivity index (χ4v) is 2.85. The standard InChI is InChI=1S/C18H33N3O/c1-5-20(6-2)13-14-22-18-12-10-9-11-16(18)17(15-19)21(7-3)8-4/h9-12,17H,5-8,13-15,19H2,1-4H3. The number of hydrogen-bond acceptors (Lipinski definition) is 4. The van der Waals surface area contributed by atoms with E-state index in [9.17, 15) is 0 Å². The molecule has 0 aliphatic rings. The van der Waals surface area contributed by atoms with Crippen LogP contribution in [0.1, 0.15) is 39.3 Å². The van der Waals surface area contributed by atoms with Crippen LogP contribution in [0, 0.1) is 0 Å². The monoisotopic (exact) mass is 307 g/mol. The largest absolute Gasteiger partial charge is 0.492 e. The van der Waals surface area contributed by atoms with Crippen molar-refractivity contribution < 1.29 is 4.74 Å². The molecule has 4 nitrogen and oxygen atoms in total. The van der Waals surface area contributed by atoms with Crippen LogP contribution >= 0.6 is 0 Å². The SMILES string of the molecule is CCN(CC)CCOc1ccccc1C(CN)N(CC)CC. The molecule has 0 spiro atoms. The molecule has 4 heteroatoms. The van der Waals surface area contributed by atoms with Gasteiger partial charge in [0, 0.05) is 18.7 Å². The number of likely N-dealkylation sites (N-methyl/N-ethyl adjacent to an activating group) is 2. The van der Waals surface area contributed by atoms with Gasteiger partial charge in [-0.2, -0.15) is 0 Å². The second kappa shape index (κ2) is 10.6. The second-order valence-corrected chi connectivity index (χ2v) is 5.39. The van der Waals surface area contributed by atoms with Crippen LogP contribution in [-0.2, 0) is 0 Å². The predicted octanol–water partition coefficient (Wildman–Crippen LogP) is 2.75. The van der Waals surface area contributed by atoms with Crippen LogP contribution < -0.4 is 10.5 Å². The molecular weight excluding hydrogens is 274 g/mol. The zero-order valence-corrected chi connectivity index (χ0v) is 14.7. The van der Waals surface area contributed by atoms with Gasteiger partial charge in [0.05, 0.1) is 6.04 Å². The minimum atomic E-state index is 0.222. The van der Waals surface area contributed by atoms with Crippen molar-refractivity contribution in [1.29, 1.82) is 0 Å². The quantitative estimate of drug-likeness (QED) is 0.682.